The Morgan fingerprint density at radius 2 is 1.54 bits per heavy atom. The van der Waals surface area contributed by atoms with Crippen molar-refractivity contribution in [3.8, 4) is 0 Å². The zero-order chi connectivity index (χ0) is 18.8. The third kappa shape index (κ3) is 3.48. The van der Waals surface area contributed by atoms with Crippen molar-refractivity contribution in [3.05, 3.63) is 72.3 Å². The molecule has 1 atom stereocenters. The summed E-state index contributed by atoms with van der Waals surface area (Å²) < 4.78 is 5.62. The molecule has 0 saturated carbocycles. The Bertz CT molecular complexity index is 902. The summed E-state index contributed by atoms with van der Waals surface area (Å²) in [5, 5.41) is 10.2. The number of rotatable bonds is 5. The van der Waals surface area contributed by atoms with Crippen LogP contribution in [0.15, 0.2) is 66.7 Å². The normalized spacial score (nSPS) is 17.8. The molecular weight excluding hydrogens is 345 g/mol. The van der Waals surface area contributed by atoms with Crippen LogP contribution in [0.5, 0.6) is 0 Å². The van der Waals surface area contributed by atoms with Crippen molar-refractivity contribution in [2.45, 2.75) is 18.8 Å². The fourth-order valence-corrected chi connectivity index (χ4v) is 4.57. The van der Waals surface area contributed by atoms with E-state index in [0.29, 0.717) is 5.94 Å². The van der Waals surface area contributed by atoms with Gasteiger partial charge in [0.15, 0.2) is 0 Å². The van der Waals surface area contributed by atoms with E-state index in [4.69, 9.17) is 4.74 Å². The van der Waals surface area contributed by atoms with Crippen molar-refractivity contribution in [1.82, 2.24) is 4.90 Å². The van der Waals surface area contributed by atoms with Crippen LogP contribution in [-0.2, 0) is 11.2 Å². The molecule has 1 fully saturated rings. The molecule has 0 spiro atoms. The van der Waals surface area contributed by atoms with Gasteiger partial charge in [0, 0.05) is 35.8 Å². The summed E-state index contributed by atoms with van der Waals surface area (Å²) in [5.41, 5.74) is 3.86. The smallest absolute Gasteiger partial charge is 0.388 e. The van der Waals surface area contributed by atoms with Crippen LogP contribution in [0.3, 0.4) is 0 Å². The van der Waals surface area contributed by atoms with Crippen LogP contribution in [-0.4, -0.2) is 44.1 Å². The molecule has 5 rings (SSSR count). The minimum absolute atomic E-state index is 0.183. The molecule has 0 radical (unpaired) electrons. The van der Waals surface area contributed by atoms with Crippen LogP contribution in [0.2, 0.25) is 0 Å². The van der Waals surface area contributed by atoms with Gasteiger partial charge < -0.3 is 15.2 Å². The summed E-state index contributed by atoms with van der Waals surface area (Å²) in [6.45, 7) is 3.81. The number of hydrogen-bond donors (Lipinski definition) is 2. The van der Waals surface area contributed by atoms with E-state index in [-0.39, 0.29) is 6.98 Å². The highest BCUT2D eigenvalue weighted by molar-refractivity contribution is 6.69. The molecule has 4 nitrogen and oxygen atoms in total. The first-order valence-electron chi connectivity index (χ1n) is 10.3. The zero-order valence-corrected chi connectivity index (χ0v) is 16.1. The number of hydrogen-bond acceptors (Lipinski definition) is 4. The van der Waals surface area contributed by atoms with Gasteiger partial charge >= 0.3 is 6.98 Å². The molecule has 2 aliphatic heterocycles. The summed E-state index contributed by atoms with van der Waals surface area (Å²) in [6.07, 6.45) is 2.18. The fraction of sp³-hybridized carbons (Fsp3) is 0.304. The lowest BCUT2D eigenvalue weighted by Gasteiger charge is -2.40. The predicted molar refractivity (Wildman–Crippen MR) is 118 cm³/mol. The highest BCUT2D eigenvalue weighted by atomic mass is 16.5. The number of anilines is 2. The second-order valence-corrected chi connectivity index (χ2v) is 7.72. The topological polar surface area (TPSA) is 36.5 Å². The van der Waals surface area contributed by atoms with Gasteiger partial charge in [0.25, 0.3) is 0 Å². The van der Waals surface area contributed by atoms with Gasteiger partial charge in [0.05, 0.1) is 13.2 Å². The Hall–Kier alpha value is -2.50. The highest BCUT2D eigenvalue weighted by Crippen LogP contribution is 2.35. The van der Waals surface area contributed by atoms with E-state index in [2.05, 4.69) is 82.1 Å². The average molecular weight is 371 g/mol. The van der Waals surface area contributed by atoms with E-state index in [1.807, 2.05) is 0 Å². The quantitative estimate of drug-likeness (QED) is 0.664. The van der Waals surface area contributed by atoms with E-state index in [0.717, 1.165) is 39.1 Å². The second-order valence-electron chi connectivity index (χ2n) is 7.72. The van der Waals surface area contributed by atoms with Crippen LogP contribution in [0.25, 0.3) is 10.8 Å². The lowest BCUT2D eigenvalue weighted by atomic mass is 9.62. The number of ether oxygens (including phenoxy) is 1. The average Bonchev–Trinajstić information content (AvgIpc) is 2.76. The third-order valence-electron chi connectivity index (χ3n) is 6.00. The Labute approximate surface area is 167 Å². The molecule has 0 aliphatic carbocycles. The van der Waals surface area contributed by atoms with Gasteiger partial charge in [-0.05, 0) is 35.9 Å². The summed E-state index contributed by atoms with van der Waals surface area (Å²) in [6, 6.07) is 23.9. The molecule has 5 heteroatoms. The summed E-state index contributed by atoms with van der Waals surface area (Å²) >= 11 is 0. The molecule has 2 aliphatic rings. The fourth-order valence-electron chi connectivity index (χ4n) is 4.57. The number of nitrogens with one attached hydrogen (secondary N) is 2. The minimum atomic E-state index is 0.183. The van der Waals surface area contributed by atoms with Gasteiger partial charge in [0.1, 0.15) is 0 Å². The molecule has 2 N–H and O–H groups in total. The third-order valence-corrected chi connectivity index (χ3v) is 6.00. The Morgan fingerprint density at radius 1 is 0.857 bits per heavy atom. The van der Waals surface area contributed by atoms with Crippen molar-refractivity contribution >= 4 is 29.1 Å². The Balaban J connectivity index is 1.42. The highest BCUT2D eigenvalue weighted by Gasteiger charge is 2.36. The summed E-state index contributed by atoms with van der Waals surface area (Å²) in [4.78, 5) is 2.59. The first-order chi connectivity index (χ1) is 13.9. The maximum Gasteiger partial charge on any atom is 0.388 e. The zero-order valence-electron chi connectivity index (χ0n) is 16.1. The molecule has 0 aromatic heterocycles. The molecule has 142 valence electrons. The number of morpholine rings is 1. The van der Waals surface area contributed by atoms with Gasteiger partial charge in [0.2, 0.25) is 0 Å². The van der Waals surface area contributed by atoms with Gasteiger partial charge in [-0.3, -0.25) is 4.90 Å². The number of benzene rings is 3. The largest absolute Gasteiger partial charge is 0.408 e. The van der Waals surface area contributed by atoms with Crippen LogP contribution in [0.4, 0.5) is 11.4 Å². The van der Waals surface area contributed by atoms with Crippen molar-refractivity contribution in [2.24, 2.45) is 0 Å². The van der Waals surface area contributed by atoms with E-state index in [1.54, 1.807) is 0 Å². The Morgan fingerprint density at radius 3 is 2.21 bits per heavy atom. The second kappa shape index (κ2) is 7.86. The number of nitrogens with zero attached hydrogens (tertiary/aromatic N) is 1. The molecule has 0 amide bonds. The van der Waals surface area contributed by atoms with Gasteiger partial charge in [-0.25, -0.2) is 0 Å². The SMILES string of the molecule is c1ccc(CC[C@@H](B2Nc3cccc4cccc(c34)N2)N2CCOCC2)cc1. The monoisotopic (exact) mass is 371 g/mol. The van der Waals surface area contributed by atoms with Crippen molar-refractivity contribution < 1.29 is 4.74 Å². The molecule has 1 saturated heterocycles. The van der Waals surface area contributed by atoms with E-state index in [1.165, 1.54) is 27.7 Å². The summed E-state index contributed by atoms with van der Waals surface area (Å²) in [5.74, 6) is 0.396. The van der Waals surface area contributed by atoms with Crippen LogP contribution >= 0.6 is 0 Å². The van der Waals surface area contributed by atoms with Crippen molar-refractivity contribution in [1.29, 1.82) is 0 Å². The molecule has 28 heavy (non-hydrogen) atoms. The first-order valence-corrected chi connectivity index (χ1v) is 10.3. The standard InChI is InChI=1S/C23H26BN3O/c1-2-6-18(7-3-1)12-13-22(27-14-16-28-17-15-27)24-25-20-10-4-8-19-9-5-11-21(26-24)23(19)20/h1-11,22,25-26H,12-17H2/t22-/m0/s1. The van der Waals surface area contributed by atoms with Gasteiger partial charge in [-0.15, -0.1) is 0 Å². The summed E-state index contributed by atoms with van der Waals surface area (Å²) in [7, 11) is 0. The van der Waals surface area contributed by atoms with Gasteiger partial charge in [-0.1, -0.05) is 54.6 Å². The maximum atomic E-state index is 5.62. The molecule has 3 aromatic rings. The minimum Gasteiger partial charge on any atom is -0.408 e. The maximum absolute atomic E-state index is 5.62. The van der Waals surface area contributed by atoms with E-state index >= 15 is 0 Å². The van der Waals surface area contributed by atoms with E-state index in [9.17, 15) is 0 Å². The molecule has 0 bridgehead atoms. The van der Waals surface area contributed by atoms with Gasteiger partial charge in [-0.2, -0.15) is 0 Å². The van der Waals surface area contributed by atoms with E-state index < -0.39 is 0 Å². The lowest BCUT2D eigenvalue weighted by molar-refractivity contribution is 0.0289. The van der Waals surface area contributed by atoms with Crippen LogP contribution in [0.1, 0.15) is 12.0 Å². The number of aryl methyl sites for hydroxylation is 1. The van der Waals surface area contributed by atoms with Crippen molar-refractivity contribution in [3.63, 3.8) is 0 Å². The molecule has 0 unspecified atom stereocenters. The van der Waals surface area contributed by atoms with Crippen LogP contribution < -0.4 is 10.5 Å². The molecular formula is C23H26BN3O. The molecule has 3 aromatic carbocycles. The Kier molecular flexibility index (Phi) is 4.94. The first kappa shape index (κ1) is 17.6. The van der Waals surface area contributed by atoms with Crippen LogP contribution in [0, 0.1) is 0 Å². The molecule has 2 heterocycles. The van der Waals surface area contributed by atoms with Crippen molar-refractivity contribution in [2.75, 3.05) is 36.8 Å². The lowest BCUT2D eigenvalue weighted by Crippen LogP contribution is -2.58. The predicted octanol–water partition coefficient (Wildman–Crippen LogP) is 4.04.